The lowest BCUT2D eigenvalue weighted by molar-refractivity contribution is -0.137. The van der Waals surface area contributed by atoms with Crippen molar-refractivity contribution in [3.05, 3.63) is 29.3 Å². The van der Waals surface area contributed by atoms with Gasteiger partial charge in [0.2, 0.25) is 0 Å². The summed E-state index contributed by atoms with van der Waals surface area (Å²) in [6.07, 6.45) is -1.39. The second-order valence-electron chi connectivity index (χ2n) is 6.14. The van der Waals surface area contributed by atoms with Gasteiger partial charge in [0.25, 0.3) is 0 Å². The molecule has 0 bridgehead atoms. The fourth-order valence-corrected chi connectivity index (χ4v) is 3.55. The Hall–Kier alpha value is -1.56. The molecule has 0 saturated carbocycles. The predicted molar refractivity (Wildman–Crippen MR) is 76.1 cm³/mol. The van der Waals surface area contributed by atoms with Crippen molar-refractivity contribution < 1.29 is 22.7 Å². The van der Waals surface area contributed by atoms with Crippen LogP contribution in [0, 0.1) is 5.41 Å². The van der Waals surface area contributed by atoms with Crippen molar-refractivity contribution in [3.8, 4) is 0 Å². The van der Waals surface area contributed by atoms with E-state index in [1.807, 2.05) is 4.90 Å². The zero-order valence-corrected chi connectivity index (χ0v) is 12.2. The third-order valence-electron chi connectivity index (χ3n) is 4.84. The number of alkyl halides is 3. The number of hydrogen-bond donors (Lipinski definition) is 0. The highest BCUT2D eigenvalue weighted by Crippen LogP contribution is 2.43. The molecule has 0 aromatic heterocycles. The fourth-order valence-electron chi connectivity index (χ4n) is 3.55. The lowest BCUT2D eigenvalue weighted by atomic mass is 9.80. The lowest BCUT2D eigenvalue weighted by Crippen LogP contribution is -2.33. The van der Waals surface area contributed by atoms with E-state index < -0.39 is 11.7 Å². The van der Waals surface area contributed by atoms with E-state index in [1.54, 1.807) is 6.07 Å². The number of carbonyl (C=O) groups excluding carboxylic acids is 1. The molecule has 0 N–H and O–H groups in total. The van der Waals surface area contributed by atoms with Crippen LogP contribution in [0.3, 0.4) is 0 Å². The van der Waals surface area contributed by atoms with Gasteiger partial charge >= 0.3 is 6.18 Å². The minimum absolute atomic E-state index is 0.118. The first-order valence-electron chi connectivity index (χ1n) is 7.43. The highest BCUT2D eigenvalue weighted by atomic mass is 19.4. The number of benzene rings is 1. The van der Waals surface area contributed by atoms with Crippen molar-refractivity contribution >= 4 is 12.0 Å². The molecule has 6 heteroatoms. The molecule has 2 aliphatic rings. The van der Waals surface area contributed by atoms with Crippen molar-refractivity contribution in [2.24, 2.45) is 5.41 Å². The summed E-state index contributed by atoms with van der Waals surface area (Å²) >= 11 is 0. The number of anilines is 1. The summed E-state index contributed by atoms with van der Waals surface area (Å²) in [5.41, 5.74) is -0.590. The first kappa shape index (κ1) is 15.3. The molecule has 3 nitrogen and oxygen atoms in total. The quantitative estimate of drug-likeness (QED) is 0.782. The number of halogens is 3. The Kier molecular flexibility index (Phi) is 3.89. The molecule has 1 spiro atoms. The Morgan fingerprint density at radius 2 is 1.91 bits per heavy atom. The zero-order chi connectivity index (χ0) is 15.8. The van der Waals surface area contributed by atoms with Crippen LogP contribution < -0.4 is 4.90 Å². The van der Waals surface area contributed by atoms with Crippen LogP contribution in [0.25, 0.3) is 0 Å². The van der Waals surface area contributed by atoms with Crippen LogP contribution in [0.2, 0.25) is 0 Å². The first-order chi connectivity index (χ1) is 10.5. The number of carbonyl (C=O) groups is 1. The summed E-state index contributed by atoms with van der Waals surface area (Å²) < 4.78 is 44.6. The van der Waals surface area contributed by atoms with Crippen LogP contribution in [-0.4, -0.2) is 32.6 Å². The van der Waals surface area contributed by atoms with Crippen LogP contribution in [0.15, 0.2) is 18.2 Å². The second kappa shape index (κ2) is 5.57. The minimum Gasteiger partial charge on any atom is -0.381 e. The second-order valence-corrected chi connectivity index (χ2v) is 6.14. The van der Waals surface area contributed by atoms with Crippen LogP contribution in [0.4, 0.5) is 18.9 Å². The van der Waals surface area contributed by atoms with E-state index in [-0.39, 0.29) is 11.0 Å². The minimum atomic E-state index is -4.51. The Labute approximate surface area is 127 Å². The summed E-state index contributed by atoms with van der Waals surface area (Å²) in [7, 11) is 0. The van der Waals surface area contributed by atoms with E-state index in [1.165, 1.54) is 6.07 Å². The van der Waals surface area contributed by atoms with E-state index in [9.17, 15) is 18.0 Å². The molecule has 120 valence electrons. The molecule has 1 aromatic rings. The van der Waals surface area contributed by atoms with Gasteiger partial charge in [-0.2, -0.15) is 13.2 Å². The first-order valence-corrected chi connectivity index (χ1v) is 7.43. The van der Waals surface area contributed by atoms with Crippen LogP contribution >= 0.6 is 0 Å². The molecule has 2 aliphatic heterocycles. The molecule has 0 unspecified atom stereocenters. The zero-order valence-electron chi connectivity index (χ0n) is 12.2. The molecule has 2 saturated heterocycles. The van der Waals surface area contributed by atoms with Crippen molar-refractivity contribution in [2.45, 2.75) is 25.4 Å². The van der Waals surface area contributed by atoms with Gasteiger partial charge in [0.05, 0.1) is 5.56 Å². The number of aldehydes is 1. The van der Waals surface area contributed by atoms with Gasteiger partial charge in [-0.1, -0.05) is 6.07 Å². The SMILES string of the molecule is O=Cc1c(N2CCC3(CCOCC3)C2)cccc1C(F)(F)F. The Morgan fingerprint density at radius 1 is 1.18 bits per heavy atom. The van der Waals surface area contributed by atoms with E-state index in [0.29, 0.717) is 38.3 Å². The molecule has 0 amide bonds. The third-order valence-corrected chi connectivity index (χ3v) is 4.84. The summed E-state index contributed by atoms with van der Waals surface area (Å²) in [4.78, 5) is 13.2. The lowest BCUT2D eigenvalue weighted by Gasteiger charge is -2.33. The van der Waals surface area contributed by atoms with Crippen molar-refractivity contribution in [1.82, 2.24) is 0 Å². The van der Waals surface area contributed by atoms with Gasteiger partial charge in [-0.05, 0) is 36.8 Å². The topological polar surface area (TPSA) is 29.5 Å². The summed E-state index contributed by atoms with van der Waals surface area (Å²) in [6, 6.07) is 3.95. The highest BCUT2D eigenvalue weighted by molar-refractivity contribution is 5.87. The van der Waals surface area contributed by atoms with Gasteiger partial charge in [0.15, 0.2) is 6.29 Å². The van der Waals surface area contributed by atoms with E-state index >= 15 is 0 Å². The van der Waals surface area contributed by atoms with Gasteiger partial charge in [0, 0.05) is 37.6 Å². The van der Waals surface area contributed by atoms with Crippen molar-refractivity contribution in [2.75, 3.05) is 31.2 Å². The predicted octanol–water partition coefficient (Wildman–Crippen LogP) is 3.52. The van der Waals surface area contributed by atoms with Crippen LogP contribution in [-0.2, 0) is 10.9 Å². The monoisotopic (exact) mass is 313 g/mol. The Morgan fingerprint density at radius 3 is 2.55 bits per heavy atom. The number of ether oxygens (including phenoxy) is 1. The number of rotatable bonds is 2. The molecule has 2 heterocycles. The van der Waals surface area contributed by atoms with Crippen molar-refractivity contribution in [3.63, 3.8) is 0 Å². The molecule has 1 aromatic carbocycles. The maximum absolute atomic E-state index is 13.1. The van der Waals surface area contributed by atoms with Crippen molar-refractivity contribution in [1.29, 1.82) is 0 Å². The van der Waals surface area contributed by atoms with E-state index in [2.05, 4.69) is 0 Å². The molecular formula is C16H18F3NO2. The Balaban J connectivity index is 1.91. The molecule has 0 atom stereocenters. The fraction of sp³-hybridized carbons (Fsp3) is 0.562. The summed E-state index contributed by atoms with van der Waals surface area (Å²) in [5, 5.41) is 0. The largest absolute Gasteiger partial charge is 0.417 e. The summed E-state index contributed by atoms with van der Waals surface area (Å²) in [6.45, 7) is 2.79. The molecular weight excluding hydrogens is 295 g/mol. The smallest absolute Gasteiger partial charge is 0.381 e. The van der Waals surface area contributed by atoms with Gasteiger partial charge in [0.1, 0.15) is 0 Å². The molecule has 22 heavy (non-hydrogen) atoms. The maximum atomic E-state index is 13.1. The average molecular weight is 313 g/mol. The molecule has 3 rings (SSSR count). The Bertz CT molecular complexity index is 565. The van der Waals surface area contributed by atoms with E-state index in [4.69, 9.17) is 4.74 Å². The van der Waals surface area contributed by atoms with Gasteiger partial charge in [-0.25, -0.2) is 0 Å². The molecule has 2 fully saturated rings. The average Bonchev–Trinajstić information content (AvgIpc) is 2.89. The number of hydrogen-bond acceptors (Lipinski definition) is 3. The molecule has 0 radical (unpaired) electrons. The van der Waals surface area contributed by atoms with Crippen LogP contribution in [0.5, 0.6) is 0 Å². The molecule has 0 aliphatic carbocycles. The van der Waals surface area contributed by atoms with Gasteiger partial charge in [-0.15, -0.1) is 0 Å². The summed E-state index contributed by atoms with van der Waals surface area (Å²) in [5.74, 6) is 0. The number of nitrogens with zero attached hydrogens (tertiary/aromatic N) is 1. The standard InChI is InChI=1S/C16H18F3NO2/c17-16(18,19)13-2-1-3-14(12(13)10-21)20-7-4-15(11-20)5-8-22-9-6-15/h1-3,10H,4-9,11H2. The highest BCUT2D eigenvalue weighted by Gasteiger charge is 2.41. The third kappa shape index (κ3) is 2.72. The normalized spacial score (nSPS) is 21.3. The maximum Gasteiger partial charge on any atom is 0.417 e. The van der Waals surface area contributed by atoms with Crippen LogP contribution in [0.1, 0.15) is 35.2 Å². The van der Waals surface area contributed by atoms with Gasteiger partial charge in [-0.3, -0.25) is 4.79 Å². The van der Waals surface area contributed by atoms with Gasteiger partial charge < -0.3 is 9.64 Å². The van der Waals surface area contributed by atoms with E-state index in [0.717, 1.165) is 25.3 Å².